The molecule has 2 aliphatic heterocycles. The Morgan fingerprint density at radius 3 is 2.78 bits per heavy atom. The van der Waals surface area contributed by atoms with Crippen LogP contribution in [0.4, 0.5) is 5.69 Å². The molecular weight excluding hydrogens is 388 g/mol. The summed E-state index contributed by atoms with van der Waals surface area (Å²) < 4.78 is 34.7. The van der Waals surface area contributed by atoms with Crippen molar-refractivity contribution in [3.63, 3.8) is 0 Å². The second-order valence-electron chi connectivity index (χ2n) is 6.97. The third kappa shape index (κ3) is 3.59. The normalized spacial score (nSPS) is 18.9. The molecule has 6 nitrogen and oxygen atoms in total. The number of halogens is 1. The van der Waals surface area contributed by atoms with E-state index in [4.69, 9.17) is 26.2 Å². The molecule has 0 spiro atoms. The summed E-state index contributed by atoms with van der Waals surface area (Å²) >= 11 is 6.41. The van der Waals surface area contributed by atoms with E-state index in [0.717, 1.165) is 29.7 Å². The highest BCUT2D eigenvalue weighted by atomic mass is 35.5. The van der Waals surface area contributed by atoms with E-state index in [1.54, 1.807) is 12.1 Å². The molecule has 0 bridgehead atoms. The third-order valence-electron chi connectivity index (χ3n) is 4.95. The Labute approximate surface area is 163 Å². The minimum atomic E-state index is -3.70. The second kappa shape index (κ2) is 6.89. The van der Waals surface area contributed by atoms with Gasteiger partial charge in [-0.2, -0.15) is 0 Å². The fraction of sp³-hybridized carbons (Fsp3) is 0.368. The molecule has 1 atom stereocenters. The lowest BCUT2D eigenvalue weighted by atomic mass is 10.1. The summed E-state index contributed by atoms with van der Waals surface area (Å²) in [6.07, 6.45) is 1.58. The quantitative estimate of drug-likeness (QED) is 0.843. The van der Waals surface area contributed by atoms with Gasteiger partial charge in [-0.05, 0) is 54.8 Å². The average Bonchev–Trinajstić information content (AvgIpc) is 2.77. The van der Waals surface area contributed by atoms with Crippen LogP contribution in [0.1, 0.15) is 24.5 Å². The number of hydrogen-bond acceptors (Lipinski definition) is 5. The Morgan fingerprint density at radius 1 is 1.22 bits per heavy atom. The van der Waals surface area contributed by atoms with Crippen LogP contribution in [-0.2, 0) is 23.0 Å². The van der Waals surface area contributed by atoms with Crippen LogP contribution in [0.5, 0.6) is 11.5 Å². The Bertz CT molecular complexity index is 993. The number of ether oxygens (including phenoxy) is 2. The van der Waals surface area contributed by atoms with Gasteiger partial charge < -0.3 is 14.4 Å². The van der Waals surface area contributed by atoms with E-state index in [0.29, 0.717) is 36.3 Å². The molecule has 2 aliphatic rings. The third-order valence-corrected chi connectivity index (χ3v) is 6.14. The van der Waals surface area contributed by atoms with E-state index in [2.05, 4.69) is 11.8 Å². The van der Waals surface area contributed by atoms with E-state index in [-0.39, 0.29) is 10.9 Å². The van der Waals surface area contributed by atoms with Crippen LogP contribution in [0.2, 0.25) is 5.02 Å². The van der Waals surface area contributed by atoms with E-state index >= 15 is 0 Å². The van der Waals surface area contributed by atoms with Gasteiger partial charge in [-0.3, -0.25) is 0 Å². The van der Waals surface area contributed by atoms with Crippen molar-refractivity contribution in [3.05, 3.63) is 46.5 Å². The lowest BCUT2D eigenvalue weighted by Gasteiger charge is -2.25. The first-order chi connectivity index (χ1) is 12.8. The maximum absolute atomic E-state index is 11.6. The number of fused-ring (bicyclic) bond motifs is 2. The zero-order chi connectivity index (χ0) is 19.2. The van der Waals surface area contributed by atoms with Gasteiger partial charge in [-0.15, -0.1) is 0 Å². The molecule has 0 unspecified atom stereocenters. The van der Waals surface area contributed by atoms with Crippen LogP contribution in [0, 0.1) is 0 Å². The summed E-state index contributed by atoms with van der Waals surface area (Å²) in [6, 6.07) is 9.14. The van der Waals surface area contributed by atoms with Crippen molar-refractivity contribution in [2.75, 3.05) is 18.1 Å². The van der Waals surface area contributed by atoms with Crippen molar-refractivity contribution in [1.82, 2.24) is 0 Å². The molecule has 0 amide bonds. The van der Waals surface area contributed by atoms with E-state index in [9.17, 15) is 8.42 Å². The van der Waals surface area contributed by atoms with E-state index in [1.807, 2.05) is 18.2 Å². The maximum Gasteiger partial charge on any atom is 0.238 e. The van der Waals surface area contributed by atoms with Crippen molar-refractivity contribution < 1.29 is 17.9 Å². The maximum atomic E-state index is 11.6. The number of nitrogens with zero attached hydrogens (tertiary/aromatic N) is 1. The first-order valence-electron chi connectivity index (χ1n) is 8.83. The van der Waals surface area contributed by atoms with E-state index in [1.165, 1.54) is 0 Å². The lowest BCUT2D eigenvalue weighted by Crippen LogP contribution is -2.28. The standard InChI is InChI=1S/C19H21ClN2O4S/c1-12-7-14-10-15(27(21,23)24)3-4-17(14)22(12)11-13-8-16(20)19-18(9-13)25-5-2-6-26-19/h3-4,8-10,12H,2,5-7,11H2,1H3,(H2,21,23,24)/t12-/m0/s1. The summed E-state index contributed by atoms with van der Waals surface area (Å²) in [5.41, 5.74) is 3.01. The molecule has 4 rings (SSSR count). The molecule has 2 aromatic carbocycles. The van der Waals surface area contributed by atoms with Gasteiger partial charge in [0.1, 0.15) is 0 Å². The average molecular weight is 409 g/mol. The predicted molar refractivity (Wildman–Crippen MR) is 104 cm³/mol. The summed E-state index contributed by atoms with van der Waals surface area (Å²) in [5.74, 6) is 1.28. The summed E-state index contributed by atoms with van der Waals surface area (Å²) in [4.78, 5) is 2.38. The monoisotopic (exact) mass is 408 g/mol. The number of sulfonamides is 1. The SMILES string of the molecule is C[C@H]1Cc2cc(S(N)(=O)=O)ccc2N1Cc1cc(Cl)c2c(c1)OCCCO2. The van der Waals surface area contributed by atoms with E-state index < -0.39 is 10.0 Å². The molecule has 2 N–H and O–H groups in total. The first-order valence-corrected chi connectivity index (χ1v) is 10.8. The summed E-state index contributed by atoms with van der Waals surface area (Å²) in [7, 11) is -3.70. The van der Waals surface area contributed by atoms with Crippen LogP contribution in [0.25, 0.3) is 0 Å². The van der Waals surface area contributed by atoms with Gasteiger partial charge in [-0.1, -0.05) is 11.6 Å². The zero-order valence-electron chi connectivity index (χ0n) is 14.9. The molecule has 27 heavy (non-hydrogen) atoms. The van der Waals surface area contributed by atoms with Gasteiger partial charge in [0.2, 0.25) is 10.0 Å². The highest BCUT2D eigenvalue weighted by molar-refractivity contribution is 7.89. The van der Waals surface area contributed by atoms with Gasteiger partial charge in [0, 0.05) is 24.7 Å². The Morgan fingerprint density at radius 2 is 2.00 bits per heavy atom. The number of primary sulfonamides is 1. The molecule has 0 fully saturated rings. The van der Waals surface area contributed by atoms with Gasteiger partial charge >= 0.3 is 0 Å². The molecule has 2 aromatic rings. The molecular formula is C19H21ClN2O4S. The first kappa shape index (κ1) is 18.4. The smallest absolute Gasteiger partial charge is 0.238 e. The number of rotatable bonds is 3. The van der Waals surface area contributed by atoms with Crippen molar-refractivity contribution in [1.29, 1.82) is 0 Å². The minimum Gasteiger partial charge on any atom is -0.489 e. The largest absolute Gasteiger partial charge is 0.489 e. The van der Waals surface area contributed by atoms with Crippen LogP contribution in [0.3, 0.4) is 0 Å². The molecule has 0 saturated heterocycles. The lowest BCUT2D eigenvalue weighted by molar-refractivity contribution is 0.297. The van der Waals surface area contributed by atoms with Crippen LogP contribution < -0.4 is 19.5 Å². The molecule has 2 heterocycles. The fourth-order valence-electron chi connectivity index (χ4n) is 3.66. The van der Waals surface area contributed by atoms with Gasteiger partial charge in [0.25, 0.3) is 0 Å². The van der Waals surface area contributed by atoms with Crippen molar-refractivity contribution in [2.45, 2.75) is 37.2 Å². The topological polar surface area (TPSA) is 81.9 Å². The number of anilines is 1. The number of nitrogens with two attached hydrogens (primary N) is 1. The minimum absolute atomic E-state index is 0.147. The summed E-state index contributed by atoms with van der Waals surface area (Å²) in [5, 5.41) is 5.80. The number of benzene rings is 2. The Hall–Kier alpha value is -1.96. The summed E-state index contributed by atoms with van der Waals surface area (Å²) in [6.45, 7) is 3.95. The Balaban J connectivity index is 1.65. The highest BCUT2D eigenvalue weighted by Gasteiger charge is 2.28. The molecule has 0 aliphatic carbocycles. The molecule has 0 saturated carbocycles. The number of hydrogen-bond donors (Lipinski definition) is 1. The molecule has 8 heteroatoms. The zero-order valence-corrected chi connectivity index (χ0v) is 16.5. The van der Waals surface area contributed by atoms with Gasteiger partial charge in [0.05, 0.1) is 23.1 Å². The van der Waals surface area contributed by atoms with Crippen LogP contribution >= 0.6 is 11.6 Å². The Kier molecular flexibility index (Phi) is 4.70. The second-order valence-corrected chi connectivity index (χ2v) is 8.94. The predicted octanol–water partition coefficient (Wildman–Crippen LogP) is 3.10. The van der Waals surface area contributed by atoms with Gasteiger partial charge in [0.15, 0.2) is 11.5 Å². The molecule has 0 aromatic heterocycles. The van der Waals surface area contributed by atoms with Crippen molar-refractivity contribution in [3.8, 4) is 11.5 Å². The van der Waals surface area contributed by atoms with Crippen LogP contribution in [0.15, 0.2) is 35.2 Å². The van der Waals surface area contributed by atoms with Crippen molar-refractivity contribution in [2.24, 2.45) is 5.14 Å². The van der Waals surface area contributed by atoms with Crippen LogP contribution in [-0.4, -0.2) is 27.7 Å². The molecule has 0 radical (unpaired) electrons. The highest BCUT2D eigenvalue weighted by Crippen LogP contribution is 2.40. The van der Waals surface area contributed by atoms with Crippen molar-refractivity contribution >= 4 is 27.3 Å². The molecule has 144 valence electrons. The van der Waals surface area contributed by atoms with Gasteiger partial charge in [-0.25, -0.2) is 13.6 Å². The fourth-order valence-corrected chi connectivity index (χ4v) is 4.51.